The Morgan fingerprint density at radius 3 is 2.86 bits per heavy atom. The van der Waals surface area contributed by atoms with Gasteiger partial charge in [-0.15, -0.1) is 0 Å². The molecule has 0 radical (unpaired) electrons. The Hall–Kier alpha value is -0.480. The number of aryl methyl sites for hydroxylation is 1. The number of nitrogens with two attached hydrogens (primary N) is 1. The topological polar surface area (TPSA) is 26.0 Å². The van der Waals surface area contributed by atoms with Crippen LogP contribution in [0.25, 0.3) is 0 Å². The standard InChI is InChI=1S/C10H11BrFNS/c11-8-4-5-9(12)7(6-8)2-1-3-10(13)14/h4-6H,1-3H2,(H2,13,14). The smallest absolute Gasteiger partial charge is 0.126 e. The van der Waals surface area contributed by atoms with E-state index in [9.17, 15) is 4.39 Å². The second-order valence-corrected chi connectivity index (χ2v) is 4.50. The first-order chi connectivity index (χ1) is 6.59. The summed E-state index contributed by atoms with van der Waals surface area (Å²) in [6, 6.07) is 4.93. The Morgan fingerprint density at radius 2 is 2.21 bits per heavy atom. The summed E-state index contributed by atoms with van der Waals surface area (Å²) in [7, 11) is 0. The van der Waals surface area contributed by atoms with Crippen LogP contribution in [0.15, 0.2) is 22.7 Å². The van der Waals surface area contributed by atoms with Gasteiger partial charge in [-0.2, -0.15) is 0 Å². The van der Waals surface area contributed by atoms with Gasteiger partial charge in [0.25, 0.3) is 0 Å². The molecule has 0 saturated heterocycles. The summed E-state index contributed by atoms with van der Waals surface area (Å²) in [5, 5.41) is 0. The monoisotopic (exact) mass is 275 g/mol. The minimum absolute atomic E-state index is 0.170. The van der Waals surface area contributed by atoms with Crippen molar-refractivity contribution in [2.24, 2.45) is 5.73 Å². The Kier molecular flexibility index (Phi) is 4.48. The summed E-state index contributed by atoms with van der Waals surface area (Å²) in [6.45, 7) is 0. The van der Waals surface area contributed by atoms with Crippen LogP contribution in [0.1, 0.15) is 18.4 Å². The highest BCUT2D eigenvalue weighted by molar-refractivity contribution is 9.10. The Bertz CT molecular complexity index is 341. The van der Waals surface area contributed by atoms with Crippen LogP contribution >= 0.6 is 28.1 Å². The van der Waals surface area contributed by atoms with Crippen LogP contribution in [-0.2, 0) is 6.42 Å². The van der Waals surface area contributed by atoms with E-state index in [4.69, 9.17) is 18.0 Å². The van der Waals surface area contributed by atoms with Gasteiger partial charge in [0.15, 0.2) is 0 Å². The molecule has 0 aliphatic carbocycles. The Labute approximate surface area is 96.6 Å². The predicted octanol–water partition coefficient (Wildman–Crippen LogP) is 3.20. The minimum atomic E-state index is -0.170. The third kappa shape index (κ3) is 3.72. The molecule has 0 heterocycles. The molecular formula is C10H11BrFNS. The fraction of sp³-hybridized carbons (Fsp3) is 0.300. The summed E-state index contributed by atoms with van der Waals surface area (Å²) < 4.78 is 14.1. The zero-order valence-corrected chi connectivity index (χ0v) is 10.00. The molecular weight excluding hydrogens is 265 g/mol. The van der Waals surface area contributed by atoms with E-state index < -0.39 is 0 Å². The molecule has 1 rings (SSSR count). The zero-order valence-electron chi connectivity index (χ0n) is 7.59. The second kappa shape index (κ2) is 5.41. The van der Waals surface area contributed by atoms with Crippen LogP contribution in [0, 0.1) is 5.82 Å². The zero-order chi connectivity index (χ0) is 10.6. The third-order valence-corrected chi connectivity index (χ3v) is 2.57. The van der Waals surface area contributed by atoms with E-state index in [1.165, 1.54) is 6.07 Å². The normalized spacial score (nSPS) is 10.1. The van der Waals surface area contributed by atoms with E-state index in [1.54, 1.807) is 12.1 Å². The van der Waals surface area contributed by atoms with Gasteiger partial charge >= 0.3 is 0 Å². The number of hydrogen-bond donors (Lipinski definition) is 1. The Balaban J connectivity index is 2.57. The average Bonchev–Trinajstić information content (AvgIpc) is 2.10. The van der Waals surface area contributed by atoms with Crippen LogP contribution in [0.3, 0.4) is 0 Å². The summed E-state index contributed by atoms with van der Waals surface area (Å²) in [5.74, 6) is -0.170. The van der Waals surface area contributed by atoms with Gasteiger partial charge in [0, 0.05) is 4.47 Å². The van der Waals surface area contributed by atoms with Crippen molar-refractivity contribution in [1.29, 1.82) is 0 Å². The quantitative estimate of drug-likeness (QED) is 0.855. The van der Waals surface area contributed by atoms with Gasteiger partial charge in [-0.05, 0) is 43.0 Å². The predicted molar refractivity (Wildman–Crippen MR) is 63.8 cm³/mol. The molecule has 0 atom stereocenters. The van der Waals surface area contributed by atoms with E-state index >= 15 is 0 Å². The lowest BCUT2D eigenvalue weighted by molar-refractivity contribution is 0.605. The molecule has 1 aromatic carbocycles. The number of halogens is 2. The van der Waals surface area contributed by atoms with Crippen molar-refractivity contribution in [3.63, 3.8) is 0 Å². The van der Waals surface area contributed by atoms with E-state index in [-0.39, 0.29) is 5.82 Å². The molecule has 2 N–H and O–H groups in total. The van der Waals surface area contributed by atoms with Gasteiger partial charge in [0.1, 0.15) is 5.82 Å². The maximum Gasteiger partial charge on any atom is 0.126 e. The fourth-order valence-electron chi connectivity index (χ4n) is 1.19. The van der Waals surface area contributed by atoms with Crippen LogP contribution in [0.2, 0.25) is 0 Å². The number of thiocarbonyl (C=S) groups is 1. The van der Waals surface area contributed by atoms with E-state index in [1.807, 2.05) is 0 Å². The summed E-state index contributed by atoms with van der Waals surface area (Å²) >= 11 is 8.04. The van der Waals surface area contributed by atoms with Crippen molar-refractivity contribution >= 4 is 33.1 Å². The first kappa shape index (κ1) is 11.6. The van der Waals surface area contributed by atoms with Crippen molar-refractivity contribution in [2.45, 2.75) is 19.3 Å². The molecule has 1 nitrogen and oxygen atoms in total. The lowest BCUT2D eigenvalue weighted by Crippen LogP contribution is -2.07. The lowest BCUT2D eigenvalue weighted by atomic mass is 10.1. The molecule has 1 aromatic rings. The fourth-order valence-corrected chi connectivity index (χ4v) is 1.74. The molecule has 0 spiro atoms. The number of benzene rings is 1. The maximum absolute atomic E-state index is 13.2. The molecule has 76 valence electrons. The van der Waals surface area contributed by atoms with Crippen molar-refractivity contribution in [1.82, 2.24) is 0 Å². The minimum Gasteiger partial charge on any atom is -0.393 e. The molecule has 0 unspecified atom stereocenters. The van der Waals surface area contributed by atoms with Gasteiger partial charge in [-0.25, -0.2) is 4.39 Å². The van der Waals surface area contributed by atoms with Gasteiger partial charge in [0.2, 0.25) is 0 Å². The van der Waals surface area contributed by atoms with Crippen LogP contribution in [0.5, 0.6) is 0 Å². The lowest BCUT2D eigenvalue weighted by Gasteiger charge is -2.03. The highest BCUT2D eigenvalue weighted by atomic mass is 79.9. The highest BCUT2D eigenvalue weighted by Gasteiger charge is 2.02. The average molecular weight is 276 g/mol. The van der Waals surface area contributed by atoms with Gasteiger partial charge < -0.3 is 5.73 Å². The van der Waals surface area contributed by atoms with E-state index in [0.29, 0.717) is 23.4 Å². The largest absolute Gasteiger partial charge is 0.393 e. The van der Waals surface area contributed by atoms with Gasteiger partial charge in [0.05, 0.1) is 4.99 Å². The first-order valence-electron chi connectivity index (χ1n) is 4.32. The van der Waals surface area contributed by atoms with E-state index in [0.717, 1.165) is 10.9 Å². The van der Waals surface area contributed by atoms with Crippen LogP contribution in [0.4, 0.5) is 4.39 Å². The molecule has 14 heavy (non-hydrogen) atoms. The molecule has 0 fully saturated rings. The molecule has 0 aliphatic heterocycles. The second-order valence-electron chi connectivity index (χ2n) is 3.06. The Morgan fingerprint density at radius 1 is 1.50 bits per heavy atom. The molecule has 0 bridgehead atoms. The molecule has 0 aromatic heterocycles. The highest BCUT2D eigenvalue weighted by Crippen LogP contribution is 2.17. The van der Waals surface area contributed by atoms with Crippen LogP contribution < -0.4 is 5.73 Å². The number of hydrogen-bond acceptors (Lipinski definition) is 1. The SMILES string of the molecule is NC(=S)CCCc1cc(Br)ccc1F. The summed E-state index contributed by atoms with van der Waals surface area (Å²) in [5.41, 5.74) is 6.06. The van der Waals surface area contributed by atoms with Crippen molar-refractivity contribution in [3.8, 4) is 0 Å². The first-order valence-corrected chi connectivity index (χ1v) is 5.52. The van der Waals surface area contributed by atoms with Gasteiger partial charge in [-0.3, -0.25) is 0 Å². The molecule has 4 heteroatoms. The van der Waals surface area contributed by atoms with Crippen molar-refractivity contribution < 1.29 is 4.39 Å². The summed E-state index contributed by atoms with van der Waals surface area (Å²) in [6.07, 6.45) is 2.13. The summed E-state index contributed by atoms with van der Waals surface area (Å²) in [4.78, 5) is 0.486. The van der Waals surface area contributed by atoms with Crippen molar-refractivity contribution in [3.05, 3.63) is 34.1 Å². The van der Waals surface area contributed by atoms with Crippen molar-refractivity contribution in [2.75, 3.05) is 0 Å². The maximum atomic E-state index is 13.2. The van der Waals surface area contributed by atoms with E-state index in [2.05, 4.69) is 15.9 Å². The molecule has 0 aliphatic rings. The molecule has 0 saturated carbocycles. The third-order valence-electron chi connectivity index (χ3n) is 1.88. The van der Waals surface area contributed by atoms with Crippen LogP contribution in [-0.4, -0.2) is 4.99 Å². The number of rotatable bonds is 4. The molecule has 0 amide bonds. The van der Waals surface area contributed by atoms with Gasteiger partial charge in [-0.1, -0.05) is 28.1 Å².